The number of amides is 1. The first kappa shape index (κ1) is 17.6. The third kappa shape index (κ3) is 3.88. The summed E-state index contributed by atoms with van der Waals surface area (Å²) in [5.74, 6) is 0.304. The molecule has 0 saturated heterocycles. The lowest BCUT2D eigenvalue weighted by Crippen LogP contribution is -2.25. The third-order valence-electron chi connectivity index (χ3n) is 4.26. The number of nitrogens with one attached hydrogen (secondary N) is 2. The molecule has 0 aliphatic carbocycles. The van der Waals surface area contributed by atoms with Crippen molar-refractivity contribution in [1.29, 1.82) is 0 Å². The molecule has 0 fully saturated rings. The highest BCUT2D eigenvalue weighted by Gasteiger charge is 2.27. The number of ether oxygens (including phenoxy) is 1. The van der Waals surface area contributed by atoms with Crippen molar-refractivity contribution in [3.05, 3.63) is 65.5 Å². The monoisotopic (exact) mass is 351 g/mol. The van der Waals surface area contributed by atoms with E-state index in [9.17, 15) is 4.79 Å². The van der Waals surface area contributed by atoms with E-state index in [2.05, 4.69) is 32.9 Å². The van der Waals surface area contributed by atoms with Gasteiger partial charge in [-0.05, 0) is 36.1 Å². The van der Waals surface area contributed by atoms with E-state index in [0.717, 1.165) is 29.0 Å². The van der Waals surface area contributed by atoms with Crippen LogP contribution in [-0.4, -0.2) is 33.6 Å². The van der Waals surface area contributed by atoms with Crippen LogP contribution in [0.25, 0.3) is 0 Å². The lowest BCUT2D eigenvalue weighted by Gasteiger charge is -2.17. The molecule has 7 heteroatoms. The second kappa shape index (κ2) is 8.24. The average molecular weight is 351 g/mol. The fourth-order valence-electron chi connectivity index (χ4n) is 2.88. The Kier molecular flexibility index (Phi) is 5.58. The minimum Gasteiger partial charge on any atom is -0.496 e. The minimum atomic E-state index is -0.588. The van der Waals surface area contributed by atoms with E-state index in [1.54, 1.807) is 7.11 Å². The molecular weight excluding hydrogens is 330 g/mol. The van der Waals surface area contributed by atoms with Crippen molar-refractivity contribution in [3.63, 3.8) is 0 Å². The SMILES string of the molecule is CCc1ccccc1NC(=O)[C@@H](Cc1ccccc1OC)c1nn[nH]n1. The summed E-state index contributed by atoms with van der Waals surface area (Å²) in [6.07, 6.45) is 1.24. The van der Waals surface area contributed by atoms with Crippen LogP contribution >= 0.6 is 0 Å². The van der Waals surface area contributed by atoms with Crippen LogP contribution in [-0.2, 0) is 17.6 Å². The Hall–Kier alpha value is -3.22. The Morgan fingerprint density at radius 1 is 1.15 bits per heavy atom. The molecule has 134 valence electrons. The summed E-state index contributed by atoms with van der Waals surface area (Å²) in [5.41, 5.74) is 2.78. The maximum atomic E-state index is 13.0. The molecule has 0 saturated carbocycles. The van der Waals surface area contributed by atoms with E-state index < -0.39 is 5.92 Å². The van der Waals surface area contributed by atoms with Crippen LogP contribution in [0.1, 0.15) is 29.8 Å². The summed E-state index contributed by atoms with van der Waals surface area (Å²) in [6.45, 7) is 2.05. The van der Waals surface area contributed by atoms with Crippen LogP contribution in [0.2, 0.25) is 0 Å². The number of benzene rings is 2. The topological polar surface area (TPSA) is 92.8 Å². The molecule has 1 amide bonds. The second-order valence-electron chi connectivity index (χ2n) is 5.84. The molecule has 0 aliphatic rings. The van der Waals surface area contributed by atoms with Gasteiger partial charge < -0.3 is 10.1 Å². The highest BCUT2D eigenvalue weighted by atomic mass is 16.5. The minimum absolute atomic E-state index is 0.182. The number of methoxy groups -OCH3 is 1. The average Bonchev–Trinajstić information content (AvgIpc) is 3.21. The zero-order valence-electron chi connectivity index (χ0n) is 14.8. The van der Waals surface area contributed by atoms with Crippen LogP contribution < -0.4 is 10.1 Å². The first-order valence-electron chi connectivity index (χ1n) is 8.47. The molecule has 0 unspecified atom stereocenters. The van der Waals surface area contributed by atoms with E-state index >= 15 is 0 Å². The Labute approximate surface area is 151 Å². The Morgan fingerprint density at radius 2 is 1.88 bits per heavy atom. The predicted octanol–water partition coefficient (Wildman–Crippen LogP) is 2.74. The number of hydrogen-bond acceptors (Lipinski definition) is 5. The largest absolute Gasteiger partial charge is 0.496 e. The number of hydrogen-bond donors (Lipinski definition) is 2. The number of nitrogens with zero attached hydrogens (tertiary/aromatic N) is 3. The van der Waals surface area contributed by atoms with Crippen molar-refractivity contribution in [1.82, 2.24) is 20.6 Å². The van der Waals surface area contributed by atoms with Crippen molar-refractivity contribution in [2.45, 2.75) is 25.7 Å². The Morgan fingerprint density at radius 3 is 2.58 bits per heavy atom. The molecule has 3 aromatic rings. The summed E-state index contributed by atoms with van der Waals surface area (Å²) in [6, 6.07) is 15.4. The molecule has 3 rings (SSSR count). The molecule has 1 heterocycles. The zero-order valence-corrected chi connectivity index (χ0v) is 14.8. The molecule has 0 radical (unpaired) electrons. The number of carbonyl (C=O) groups excluding carboxylic acids is 1. The predicted molar refractivity (Wildman–Crippen MR) is 98.1 cm³/mol. The van der Waals surface area contributed by atoms with Gasteiger partial charge in [0, 0.05) is 5.69 Å². The zero-order chi connectivity index (χ0) is 18.4. The first-order chi connectivity index (χ1) is 12.7. The van der Waals surface area contributed by atoms with Crippen LogP contribution in [0.15, 0.2) is 48.5 Å². The maximum absolute atomic E-state index is 13.0. The summed E-state index contributed by atoms with van der Waals surface area (Å²) >= 11 is 0. The molecule has 2 N–H and O–H groups in total. The lowest BCUT2D eigenvalue weighted by molar-refractivity contribution is -0.117. The van der Waals surface area contributed by atoms with Gasteiger partial charge in [-0.1, -0.05) is 48.5 Å². The van der Waals surface area contributed by atoms with Crippen LogP contribution in [0.3, 0.4) is 0 Å². The van der Waals surface area contributed by atoms with E-state index in [4.69, 9.17) is 4.74 Å². The normalized spacial score (nSPS) is 11.8. The fourth-order valence-corrected chi connectivity index (χ4v) is 2.88. The summed E-state index contributed by atoms with van der Waals surface area (Å²) in [7, 11) is 1.61. The van der Waals surface area contributed by atoms with Crippen LogP contribution in [0, 0.1) is 0 Å². The van der Waals surface area contributed by atoms with Gasteiger partial charge in [0.15, 0.2) is 5.82 Å². The van der Waals surface area contributed by atoms with Gasteiger partial charge in [0.25, 0.3) is 0 Å². The van der Waals surface area contributed by atoms with Crippen LogP contribution in [0.4, 0.5) is 5.69 Å². The van der Waals surface area contributed by atoms with E-state index in [0.29, 0.717) is 12.2 Å². The molecule has 0 bridgehead atoms. The van der Waals surface area contributed by atoms with Gasteiger partial charge in [-0.15, -0.1) is 10.2 Å². The van der Waals surface area contributed by atoms with Crippen molar-refractivity contribution in [2.24, 2.45) is 0 Å². The summed E-state index contributed by atoms with van der Waals surface area (Å²) < 4.78 is 5.40. The van der Waals surface area contributed by atoms with Crippen LogP contribution in [0.5, 0.6) is 5.75 Å². The first-order valence-corrected chi connectivity index (χ1v) is 8.47. The van der Waals surface area contributed by atoms with Crippen molar-refractivity contribution in [3.8, 4) is 5.75 Å². The number of aromatic nitrogens is 4. The summed E-state index contributed by atoms with van der Waals surface area (Å²) in [5, 5.41) is 17.1. The fraction of sp³-hybridized carbons (Fsp3) is 0.263. The van der Waals surface area contributed by atoms with Gasteiger partial charge in [-0.2, -0.15) is 5.21 Å². The number of aryl methyl sites for hydroxylation is 1. The molecule has 1 aromatic heterocycles. The lowest BCUT2D eigenvalue weighted by atomic mass is 9.96. The smallest absolute Gasteiger partial charge is 0.235 e. The van der Waals surface area contributed by atoms with Gasteiger partial charge in [0.2, 0.25) is 5.91 Å². The number of carbonyl (C=O) groups is 1. The standard InChI is InChI=1S/C19H21N5O2/c1-3-13-8-4-6-10-16(13)20-19(25)15(18-21-23-24-22-18)12-14-9-5-7-11-17(14)26-2/h4-11,15H,3,12H2,1-2H3,(H,20,25)(H,21,22,23,24)/t15-/m0/s1. The van der Waals surface area contributed by atoms with Gasteiger partial charge in [-0.3, -0.25) is 4.79 Å². The van der Waals surface area contributed by atoms with E-state index in [1.807, 2.05) is 48.5 Å². The molecule has 7 nitrogen and oxygen atoms in total. The quantitative estimate of drug-likeness (QED) is 0.683. The number of H-pyrrole nitrogens is 1. The molecule has 2 aromatic carbocycles. The van der Waals surface area contributed by atoms with Gasteiger partial charge in [0.1, 0.15) is 11.7 Å². The van der Waals surface area contributed by atoms with Gasteiger partial charge in [0.05, 0.1) is 7.11 Å². The van der Waals surface area contributed by atoms with E-state index in [1.165, 1.54) is 0 Å². The number of anilines is 1. The Bertz CT molecular complexity index is 864. The number of rotatable bonds is 7. The third-order valence-corrected chi connectivity index (χ3v) is 4.26. The van der Waals surface area contributed by atoms with E-state index in [-0.39, 0.29) is 5.91 Å². The highest BCUT2D eigenvalue weighted by molar-refractivity contribution is 5.96. The van der Waals surface area contributed by atoms with Gasteiger partial charge >= 0.3 is 0 Å². The van der Waals surface area contributed by atoms with Gasteiger partial charge in [-0.25, -0.2) is 0 Å². The Balaban J connectivity index is 1.88. The van der Waals surface area contributed by atoms with Crippen molar-refractivity contribution in [2.75, 3.05) is 12.4 Å². The number of aromatic amines is 1. The summed E-state index contributed by atoms with van der Waals surface area (Å²) in [4.78, 5) is 13.0. The highest BCUT2D eigenvalue weighted by Crippen LogP contribution is 2.26. The maximum Gasteiger partial charge on any atom is 0.235 e. The van der Waals surface area contributed by atoms with Crippen molar-refractivity contribution >= 4 is 11.6 Å². The number of para-hydroxylation sites is 2. The molecule has 0 spiro atoms. The number of tetrazole rings is 1. The molecule has 0 aliphatic heterocycles. The molecular formula is C19H21N5O2. The molecule has 1 atom stereocenters. The van der Waals surface area contributed by atoms with Crippen molar-refractivity contribution < 1.29 is 9.53 Å². The molecule has 26 heavy (non-hydrogen) atoms. The second-order valence-corrected chi connectivity index (χ2v) is 5.84.